The predicted molar refractivity (Wildman–Crippen MR) is 316 cm³/mol. The molecule has 4 heterocycles. The third-order valence-electron chi connectivity index (χ3n) is 16.2. The lowest BCUT2D eigenvalue weighted by Gasteiger charge is -2.32. The number of hydrogen-bond donors (Lipinski definition) is 0. The molecule has 0 amide bonds. The Labute approximate surface area is 444 Å². The summed E-state index contributed by atoms with van der Waals surface area (Å²) in [6, 6.07) is 86.1. The molecule has 76 heavy (non-hydrogen) atoms. The minimum Gasteiger partial charge on any atom is -0.456 e. The molecule has 0 aliphatic heterocycles. The smallest absolute Gasteiger partial charge is 0.165 e. The minimum atomic E-state index is -0.433. The summed E-state index contributed by atoms with van der Waals surface area (Å²) in [5.41, 5.74) is 19.3. The van der Waals surface area contributed by atoms with E-state index in [1.54, 1.807) is 22.7 Å². The Morgan fingerprint density at radius 3 is 1.53 bits per heavy atom. The first-order valence-electron chi connectivity index (χ1n) is 25.7. The number of furan rings is 1. The Bertz CT molecular complexity index is 4900. The maximum Gasteiger partial charge on any atom is 0.165 e. The van der Waals surface area contributed by atoms with Crippen LogP contribution in [0.2, 0.25) is 0 Å². The van der Waals surface area contributed by atoms with Gasteiger partial charge in [0, 0.05) is 67.8 Å². The maximum atomic E-state index is 6.70. The van der Waals surface area contributed by atoms with Crippen molar-refractivity contribution in [3.8, 4) is 78.7 Å². The summed E-state index contributed by atoms with van der Waals surface area (Å²) in [6.07, 6.45) is 0. The van der Waals surface area contributed by atoms with Gasteiger partial charge in [-0.25, -0.2) is 15.0 Å². The molecule has 4 nitrogen and oxygen atoms in total. The second kappa shape index (κ2) is 15.8. The van der Waals surface area contributed by atoms with Gasteiger partial charge in [0.1, 0.15) is 11.2 Å². The molecule has 0 atom stereocenters. The number of hydrogen-bond acceptors (Lipinski definition) is 6. The topological polar surface area (TPSA) is 51.8 Å². The summed E-state index contributed by atoms with van der Waals surface area (Å²) < 4.78 is 11.5. The van der Waals surface area contributed by atoms with Crippen molar-refractivity contribution in [1.82, 2.24) is 15.0 Å². The molecule has 0 N–H and O–H groups in total. The molecule has 0 unspecified atom stereocenters. The first kappa shape index (κ1) is 42.1. The first-order chi connectivity index (χ1) is 37.7. The van der Waals surface area contributed by atoms with Crippen LogP contribution in [0.4, 0.5) is 0 Å². The minimum absolute atomic E-state index is 0.433. The Hall–Kier alpha value is -9.33. The van der Waals surface area contributed by atoms with Crippen LogP contribution >= 0.6 is 22.7 Å². The number of rotatable bonds is 5. The molecule has 2 aliphatic rings. The van der Waals surface area contributed by atoms with Crippen LogP contribution < -0.4 is 0 Å². The van der Waals surface area contributed by atoms with Crippen molar-refractivity contribution in [1.29, 1.82) is 0 Å². The van der Waals surface area contributed by atoms with Crippen molar-refractivity contribution in [2.45, 2.75) is 5.41 Å². The van der Waals surface area contributed by atoms with Gasteiger partial charge in [0.05, 0.1) is 5.41 Å². The van der Waals surface area contributed by atoms with Gasteiger partial charge in [-0.15, -0.1) is 22.7 Å². The van der Waals surface area contributed by atoms with Gasteiger partial charge >= 0.3 is 0 Å². The van der Waals surface area contributed by atoms with Gasteiger partial charge in [0.2, 0.25) is 0 Å². The molecule has 0 radical (unpaired) electrons. The van der Waals surface area contributed by atoms with Crippen LogP contribution in [0.15, 0.2) is 241 Å². The summed E-state index contributed by atoms with van der Waals surface area (Å²) in [5.74, 6) is 1.87. The maximum absolute atomic E-state index is 6.70. The molecule has 352 valence electrons. The molecule has 4 aromatic heterocycles. The highest BCUT2D eigenvalue weighted by molar-refractivity contribution is 7.26. The average molecular weight is 1000 g/mol. The van der Waals surface area contributed by atoms with Gasteiger partial charge in [-0.3, -0.25) is 0 Å². The van der Waals surface area contributed by atoms with Crippen molar-refractivity contribution < 1.29 is 4.42 Å². The van der Waals surface area contributed by atoms with E-state index in [0.717, 1.165) is 59.8 Å². The fourth-order valence-electron chi connectivity index (χ4n) is 13.1. The molecule has 0 fully saturated rings. The molecular formula is C70H39N3OS2. The molecule has 17 rings (SSSR count). The normalized spacial score (nSPS) is 13.1. The fraction of sp³-hybridized carbons (Fsp3) is 0.0143. The molecule has 2 aliphatic carbocycles. The molecule has 15 aromatic rings. The Kier molecular flexibility index (Phi) is 8.77. The standard InChI is InChI=1S/C70H39N3OS2/c1-6-26-55-44(15-1)45-16-2-7-27-56(45)70(55)57-28-8-3-17-46(57)48-21-11-20-43(65(48)70)41-35-33-40(34-36-41)42-37-38-58-54(39-42)63-51(23-13-29-59(63)74-58)67-71-68(52-24-14-32-62-64(52)50-19-5-10-31-61(50)75-62)73-69(72-67)53-25-12-22-49-47-18-4-9-30-60(47)76-66(49)53/h1-39H. The zero-order valence-corrected chi connectivity index (χ0v) is 42.2. The van der Waals surface area contributed by atoms with Crippen molar-refractivity contribution in [2.75, 3.05) is 0 Å². The van der Waals surface area contributed by atoms with Crippen molar-refractivity contribution in [3.63, 3.8) is 0 Å². The van der Waals surface area contributed by atoms with E-state index in [-0.39, 0.29) is 0 Å². The van der Waals surface area contributed by atoms with E-state index in [0.29, 0.717) is 17.5 Å². The highest BCUT2D eigenvalue weighted by Gasteiger charge is 2.52. The molecule has 11 aromatic carbocycles. The monoisotopic (exact) mass is 1000 g/mol. The average Bonchev–Trinajstić information content (AvgIpc) is 4.31. The first-order valence-corrected chi connectivity index (χ1v) is 27.4. The van der Waals surface area contributed by atoms with E-state index in [1.165, 1.54) is 85.9 Å². The molecule has 0 saturated carbocycles. The van der Waals surface area contributed by atoms with Gasteiger partial charge in [-0.1, -0.05) is 194 Å². The quantitative estimate of drug-likeness (QED) is 0.172. The molecule has 1 spiro atoms. The molecule has 0 saturated heterocycles. The number of aromatic nitrogens is 3. The summed E-state index contributed by atoms with van der Waals surface area (Å²) in [4.78, 5) is 16.3. The lowest BCUT2D eigenvalue weighted by Crippen LogP contribution is -2.26. The van der Waals surface area contributed by atoms with E-state index in [1.807, 2.05) is 6.07 Å². The van der Waals surface area contributed by atoms with Crippen LogP contribution in [0.3, 0.4) is 0 Å². The summed E-state index contributed by atoms with van der Waals surface area (Å²) >= 11 is 3.58. The van der Waals surface area contributed by atoms with Crippen LogP contribution in [0.1, 0.15) is 22.3 Å². The molecule has 6 heteroatoms. The number of fused-ring (bicyclic) bond motifs is 19. The van der Waals surface area contributed by atoms with Crippen molar-refractivity contribution >= 4 is 85.0 Å². The Morgan fingerprint density at radius 2 is 0.789 bits per heavy atom. The van der Waals surface area contributed by atoms with Crippen LogP contribution in [0.5, 0.6) is 0 Å². The third kappa shape index (κ3) is 5.80. The van der Waals surface area contributed by atoms with Crippen LogP contribution in [0, 0.1) is 0 Å². The van der Waals surface area contributed by atoms with Gasteiger partial charge in [0.15, 0.2) is 17.5 Å². The van der Waals surface area contributed by atoms with Crippen molar-refractivity contribution in [2.24, 2.45) is 0 Å². The summed E-state index contributed by atoms with van der Waals surface area (Å²) in [6.45, 7) is 0. The Balaban J connectivity index is 0.825. The Morgan fingerprint density at radius 1 is 0.303 bits per heavy atom. The van der Waals surface area contributed by atoms with Gasteiger partial charge in [0.25, 0.3) is 0 Å². The van der Waals surface area contributed by atoms with Gasteiger partial charge < -0.3 is 4.42 Å². The van der Waals surface area contributed by atoms with E-state index < -0.39 is 5.41 Å². The highest BCUT2D eigenvalue weighted by Crippen LogP contribution is 2.64. The van der Waals surface area contributed by atoms with Crippen LogP contribution in [0.25, 0.3) is 141 Å². The van der Waals surface area contributed by atoms with Gasteiger partial charge in [-0.2, -0.15) is 0 Å². The highest BCUT2D eigenvalue weighted by atomic mass is 32.1. The lowest BCUT2D eigenvalue weighted by atomic mass is 9.68. The zero-order chi connectivity index (χ0) is 49.6. The van der Waals surface area contributed by atoms with E-state index in [4.69, 9.17) is 19.4 Å². The lowest BCUT2D eigenvalue weighted by molar-refractivity contribution is 0.669. The molecular weight excluding hydrogens is 963 g/mol. The number of thiophene rings is 2. The van der Waals surface area contributed by atoms with Gasteiger partial charge in [-0.05, 0) is 109 Å². The number of nitrogens with zero attached hydrogens (tertiary/aromatic N) is 3. The SMILES string of the molecule is c1ccc2c(c1)-c1ccccc1C21c2ccccc2-c2cccc(-c3ccc(-c4ccc5oc6cccc(-c7nc(-c8cccc9c8sc8ccccc89)nc(-c8cccc9sc%10ccccc%10c89)n7)c6c5c4)cc3)c21. The van der Waals surface area contributed by atoms with Crippen LogP contribution in [-0.4, -0.2) is 15.0 Å². The summed E-state index contributed by atoms with van der Waals surface area (Å²) in [5, 5.41) is 6.77. The third-order valence-corrected chi connectivity index (χ3v) is 18.6. The van der Waals surface area contributed by atoms with Crippen molar-refractivity contribution in [3.05, 3.63) is 259 Å². The van der Waals surface area contributed by atoms with E-state index >= 15 is 0 Å². The van der Waals surface area contributed by atoms with Crippen LogP contribution in [-0.2, 0) is 5.41 Å². The zero-order valence-electron chi connectivity index (χ0n) is 40.6. The van der Waals surface area contributed by atoms with E-state index in [2.05, 4.69) is 231 Å². The summed E-state index contributed by atoms with van der Waals surface area (Å²) in [7, 11) is 0. The van der Waals surface area contributed by atoms with E-state index in [9.17, 15) is 0 Å². The second-order valence-corrected chi connectivity index (χ2v) is 22.2. The second-order valence-electron chi connectivity index (χ2n) is 20.0. The molecule has 0 bridgehead atoms. The fourth-order valence-corrected chi connectivity index (χ4v) is 15.4. The predicted octanol–water partition coefficient (Wildman–Crippen LogP) is 19.2. The largest absolute Gasteiger partial charge is 0.456 e. The number of benzene rings is 11.